The van der Waals surface area contributed by atoms with E-state index in [-0.39, 0.29) is 12.5 Å². The van der Waals surface area contributed by atoms with Crippen molar-refractivity contribution in [3.05, 3.63) is 52.0 Å². The summed E-state index contributed by atoms with van der Waals surface area (Å²) in [5, 5.41) is 2.91. The van der Waals surface area contributed by atoms with Crippen molar-refractivity contribution in [2.24, 2.45) is 0 Å². The molecule has 2 aromatic carbocycles. The fourth-order valence-electron chi connectivity index (χ4n) is 2.57. The summed E-state index contributed by atoms with van der Waals surface area (Å²) in [5.41, 5.74) is 2.75. The number of amides is 1. The van der Waals surface area contributed by atoms with E-state index >= 15 is 0 Å². The minimum Gasteiger partial charge on any atom is -0.496 e. The van der Waals surface area contributed by atoms with Gasteiger partial charge in [-0.1, -0.05) is 22.0 Å². The minimum absolute atomic E-state index is 0.0969. The fraction of sp³-hybridized carbons (Fsp3) is 0.316. The molecule has 0 fully saturated rings. The fourth-order valence-corrected chi connectivity index (χ4v) is 2.98. The second-order valence-electron chi connectivity index (χ2n) is 5.88. The van der Waals surface area contributed by atoms with Crippen LogP contribution in [0.15, 0.2) is 40.9 Å². The van der Waals surface area contributed by atoms with Gasteiger partial charge in [-0.2, -0.15) is 0 Å². The summed E-state index contributed by atoms with van der Waals surface area (Å²) in [6.45, 7) is 2.83. The molecule has 0 aromatic heterocycles. The number of methoxy groups -OCH3 is 2. The van der Waals surface area contributed by atoms with Gasteiger partial charge in [-0.05, 0) is 49.9 Å². The number of benzene rings is 2. The Balaban J connectivity index is 2.01. The molecule has 134 valence electrons. The van der Waals surface area contributed by atoms with Crippen molar-refractivity contribution in [3.8, 4) is 11.5 Å². The molecule has 2 aromatic rings. The molecule has 2 rings (SSSR count). The molecule has 0 heterocycles. The van der Waals surface area contributed by atoms with E-state index in [4.69, 9.17) is 9.47 Å². The molecule has 1 amide bonds. The Labute approximate surface area is 157 Å². The van der Waals surface area contributed by atoms with Crippen LogP contribution >= 0.6 is 15.9 Å². The molecule has 6 heteroatoms. The molecule has 0 aliphatic carbocycles. The van der Waals surface area contributed by atoms with Gasteiger partial charge in [-0.3, -0.25) is 9.69 Å². The maximum absolute atomic E-state index is 12.4. The number of anilines is 1. The van der Waals surface area contributed by atoms with E-state index in [1.807, 2.05) is 55.3 Å². The molecule has 0 radical (unpaired) electrons. The van der Waals surface area contributed by atoms with Gasteiger partial charge in [-0.15, -0.1) is 0 Å². The summed E-state index contributed by atoms with van der Waals surface area (Å²) in [7, 11) is 5.13. The number of nitrogens with zero attached hydrogens (tertiary/aromatic N) is 1. The Hall–Kier alpha value is -2.05. The van der Waals surface area contributed by atoms with E-state index in [2.05, 4.69) is 21.2 Å². The van der Waals surface area contributed by atoms with E-state index in [0.717, 1.165) is 21.3 Å². The molecule has 0 spiro atoms. The number of likely N-dealkylation sites (N-methyl/N-ethyl adjacent to an activating group) is 1. The van der Waals surface area contributed by atoms with E-state index in [0.29, 0.717) is 18.0 Å². The quantitative estimate of drug-likeness (QED) is 0.758. The molecule has 0 atom stereocenters. The van der Waals surface area contributed by atoms with Crippen molar-refractivity contribution < 1.29 is 14.3 Å². The zero-order valence-corrected chi connectivity index (χ0v) is 16.5. The lowest BCUT2D eigenvalue weighted by atomic mass is 10.2. The molecule has 0 aliphatic rings. The SMILES string of the molecule is COc1ccc(Br)cc1CN(C)CC(=O)Nc1cc(C)ccc1OC. The van der Waals surface area contributed by atoms with Gasteiger partial charge in [0.15, 0.2) is 0 Å². The molecule has 0 saturated heterocycles. The maximum atomic E-state index is 12.4. The summed E-state index contributed by atoms with van der Waals surface area (Å²) < 4.78 is 11.7. The van der Waals surface area contributed by atoms with Gasteiger partial charge in [-0.25, -0.2) is 0 Å². The first-order chi connectivity index (χ1) is 11.9. The Morgan fingerprint density at radius 1 is 1.12 bits per heavy atom. The monoisotopic (exact) mass is 406 g/mol. The van der Waals surface area contributed by atoms with Crippen LogP contribution in [0.1, 0.15) is 11.1 Å². The van der Waals surface area contributed by atoms with Gasteiger partial charge in [0.25, 0.3) is 0 Å². The smallest absolute Gasteiger partial charge is 0.238 e. The van der Waals surface area contributed by atoms with Crippen LogP contribution in [0, 0.1) is 6.92 Å². The van der Waals surface area contributed by atoms with Crippen LogP contribution in [-0.4, -0.2) is 38.6 Å². The zero-order chi connectivity index (χ0) is 18.4. The van der Waals surface area contributed by atoms with E-state index in [9.17, 15) is 4.79 Å². The highest BCUT2D eigenvalue weighted by Gasteiger charge is 2.13. The van der Waals surface area contributed by atoms with Crippen LogP contribution in [0.3, 0.4) is 0 Å². The third-order valence-electron chi connectivity index (χ3n) is 3.73. The van der Waals surface area contributed by atoms with Crippen molar-refractivity contribution in [2.75, 3.05) is 33.1 Å². The number of hydrogen-bond donors (Lipinski definition) is 1. The zero-order valence-electron chi connectivity index (χ0n) is 14.9. The Morgan fingerprint density at radius 2 is 1.80 bits per heavy atom. The maximum Gasteiger partial charge on any atom is 0.238 e. The standard InChI is InChI=1S/C19H23BrN2O3/c1-13-5-7-18(25-4)16(9-13)21-19(23)12-22(2)11-14-10-15(20)6-8-17(14)24-3/h5-10H,11-12H2,1-4H3,(H,21,23). The molecule has 0 saturated carbocycles. The van der Waals surface area contributed by atoms with Crippen LogP contribution in [0.5, 0.6) is 11.5 Å². The highest BCUT2D eigenvalue weighted by molar-refractivity contribution is 9.10. The van der Waals surface area contributed by atoms with Crippen LogP contribution in [-0.2, 0) is 11.3 Å². The molecule has 0 aliphatic heterocycles. The van der Waals surface area contributed by atoms with Crippen LogP contribution in [0.4, 0.5) is 5.69 Å². The summed E-state index contributed by atoms with van der Waals surface area (Å²) >= 11 is 3.47. The van der Waals surface area contributed by atoms with E-state index in [1.165, 1.54) is 0 Å². The largest absolute Gasteiger partial charge is 0.496 e. The van der Waals surface area contributed by atoms with Gasteiger partial charge in [0.2, 0.25) is 5.91 Å². The van der Waals surface area contributed by atoms with Gasteiger partial charge in [0.05, 0.1) is 26.5 Å². The Morgan fingerprint density at radius 3 is 2.48 bits per heavy atom. The number of carbonyl (C=O) groups excluding carboxylic acids is 1. The number of halogens is 1. The second-order valence-corrected chi connectivity index (χ2v) is 6.80. The summed E-state index contributed by atoms with van der Waals surface area (Å²) in [5.74, 6) is 1.35. The molecule has 25 heavy (non-hydrogen) atoms. The number of nitrogens with one attached hydrogen (secondary N) is 1. The van der Waals surface area contributed by atoms with E-state index < -0.39 is 0 Å². The molecule has 1 N–H and O–H groups in total. The number of carbonyl (C=O) groups is 1. The first kappa shape index (κ1) is 19.3. The van der Waals surface area contributed by atoms with Gasteiger partial charge in [0, 0.05) is 16.6 Å². The lowest BCUT2D eigenvalue weighted by Crippen LogP contribution is -2.30. The van der Waals surface area contributed by atoms with Crippen molar-refractivity contribution in [2.45, 2.75) is 13.5 Å². The number of hydrogen-bond acceptors (Lipinski definition) is 4. The van der Waals surface area contributed by atoms with Gasteiger partial charge in [0.1, 0.15) is 11.5 Å². The number of rotatable bonds is 7. The Kier molecular flexibility index (Phi) is 6.84. The second kappa shape index (κ2) is 8.87. The highest BCUT2D eigenvalue weighted by atomic mass is 79.9. The minimum atomic E-state index is -0.0969. The predicted molar refractivity (Wildman–Crippen MR) is 103 cm³/mol. The van der Waals surface area contributed by atoms with E-state index in [1.54, 1.807) is 14.2 Å². The average Bonchev–Trinajstić information content (AvgIpc) is 2.55. The average molecular weight is 407 g/mol. The van der Waals surface area contributed by atoms with Crippen molar-refractivity contribution in [1.29, 1.82) is 0 Å². The molecule has 5 nitrogen and oxygen atoms in total. The highest BCUT2D eigenvalue weighted by Crippen LogP contribution is 2.26. The number of ether oxygens (including phenoxy) is 2. The molecule has 0 bridgehead atoms. The Bertz CT molecular complexity index is 749. The van der Waals surface area contributed by atoms with Crippen molar-refractivity contribution >= 4 is 27.5 Å². The van der Waals surface area contributed by atoms with Crippen LogP contribution < -0.4 is 14.8 Å². The normalized spacial score (nSPS) is 10.6. The first-order valence-corrected chi connectivity index (χ1v) is 8.67. The van der Waals surface area contributed by atoms with Crippen molar-refractivity contribution in [1.82, 2.24) is 4.90 Å². The predicted octanol–water partition coefficient (Wildman–Crippen LogP) is 3.85. The van der Waals surface area contributed by atoms with Gasteiger partial charge < -0.3 is 14.8 Å². The van der Waals surface area contributed by atoms with Crippen LogP contribution in [0.25, 0.3) is 0 Å². The third-order valence-corrected chi connectivity index (χ3v) is 4.22. The third kappa shape index (κ3) is 5.47. The van der Waals surface area contributed by atoms with Crippen LogP contribution in [0.2, 0.25) is 0 Å². The summed E-state index contributed by atoms with van der Waals surface area (Å²) in [4.78, 5) is 14.3. The first-order valence-electron chi connectivity index (χ1n) is 7.88. The molecular weight excluding hydrogens is 384 g/mol. The van der Waals surface area contributed by atoms with Crippen molar-refractivity contribution in [3.63, 3.8) is 0 Å². The van der Waals surface area contributed by atoms with Gasteiger partial charge >= 0.3 is 0 Å². The topological polar surface area (TPSA) is 50.8 Å². The number of aryl methyl sites for hydroxylation is 1. The molecule has 0 unspecified atom stereocenters. The molecular formula is C19H23BrN2O3. The summed E-state index contributed by atoms with van der Waals surface area (Å²) in [6.07, 6.45) is 0. The lowest BCUT2D eigenvalue weighted by molar-refractivity contribution is -0.117. The summed E-state index contributed by atoms with van der Waals surface area (Å²) in [6, 6.07) is 11.5. The lowest BCUT2D eigenvalue weighted by Gasteiger charge is -2.19.